The molecule has 0 bridgehead atoms. The maximum atomic E-state index is 11.4. The summed E-state index contributed by atoms with van der Waals surface area (Å²) < 4.78 is 5.72. The van der Waals surface area contributed by atoms with E-state index >= 15 is 0 Å². The number of benzene rings is 1. The van der Waals surface area contributed by atoms with Crippen molar-refractivity contribution in [3.05, 3.63) is 28.8 Å². The highest BCUT2D eigenvalue weighted by Crippen LogP contribution is 2.25. The monoisotopic (exact) mass is 250 g/mol. The summed E-state index contributed by atoms with van der Waals surface area (Å²) in [6, 6.07) is 4.12. The van der Waals surface area contributed by atoms with Crippen molar-refractivity contribution >= 4 is 5.91 Å². The smallest absolute Gasteiger partial charge is 0.237 e. The number of hydrogen-bond donors (Lipinski definition) is 1. The number of aryl methyl sites for hydroxylation is 2. The molecule has 100 valence electrons. The molecule has 1 rings (SSSR count). The average Bonchev–Trinajstić information content (AvgIpc) is 2.27. The van der Waals surface area contributed by atoms with Crippen LogP contribution in [0.5, 0.6) is 5.75 Å². The third kappa shape index (κ3) is 4.04. The second kappa shape index (κ2) is 6.40. The van der Waals surface area contributed by atoms with Crippen molar-refractivity contribution < 1.29 is 9.53 Å². The topological polar surface area (TPSA) is 41.6 Å². The molecule has 1 N–H and O–H groups in total. The van der Waals surface area contributed by atoms with Crippen molar-refractivity contribution in [2.24, 2.45) is 0 Å². The number of hydrazine groups is 1. The van der Waals surface area contributed by atoms with Crippen LogP contribution in [-0.2, 0) is 4.79 Å². The normalized spacial score (nSPS) is 10.6. The third-order valence-electron chi connectivity index (χ3n) is 2.80. The maximum Gasteiger partial charge on any atom is 0.237 e. The van der Waals surface area contributed by atoms with Gasteiger partial charge in [0.05, 0.1) is 13.0 Å². The second-order valence-corrected chi connectivity index (χ2v) is 4.68. The lowest BCUT2D eigenvalue weighted by atomic mass is 10.1. The fraction of sp³-hybridized carbons (Fsp3) is 0.500. The summed E-state index contributed by atoms with van der Waals surface area (Å²) in [6.45, 7) is 6.50. The lowest BCUT2D eigenvalue weighted by Gasteiger charge is -2.15. The van der Waals surface area contributed by atoms with Gasteiger partial charge in [-0.3, -0.25) is 10.2 Å². The number of nitrogens with one attached hydrogen (secondary N) is 1. The van der Waals surface area contributed by atoms with E-state index < -0.39 is 0 Å². The summed E-state index contributed by atoms with van der Waals surface area (Å²) in [4.78, 5) is 11.4. The number of hydrogen-bond acceptors (Lipinski definition) is 3. The first-order chi connectivity index (χ1) is 8.41. The van der Waals surface area contributed by atoms with Crippen molar-refractivity contribution in [3.8, 4) is 5.75 Å². The Morgan fingerprint density at radius 2 is 1.83 bits per heavy atom. The Morgan fingerprint density at radius 3 is 2.44 bits per heavy atom. The summed E-state index contributed by atoms with van der Waals surface area (Å²) in [5.74, 6) is 0.857. The Labute approximate surface area is 109 Å². The minimum absolute atomic E-state index is 0.0389. The Kier molecular flexibility index (Phi) is 5.16. The summed E-state index contributed by atoms with van der Waals surface area (Å²) in [5, 5.41) is 1.63. The van der Waals surface area contributed by atoms with E-state index in [2.05, 4.69) is 18.4 Å². The third-order valence-corrected chi connectivity index (χ3v) is 2.80. The molecule has 4 nitrogen and oxygen atoms in total. The van der Waals surface area contributed by atoms with Crippen molar-refractivity contribution in [1.29, 1.82) is 0 Å². The number of amides is 1. The highest BCUT2D eigenvalue weighted by atomic mass is 16.5. The van der Waals surface area contributed by atoms with E-state index in [0.717, 1.165) is 16.9 Å². The van der Waals surface area contributed by atoms with E-state index in [1.807, 2.05) is 19.9 Å². The average molecular weight is 250 g/mol. The SMILES string of the molecule is Cc1ccc(C)c(OCCC(=O)NN(C)C)c1C. The molecule has 0 aliphatic carbocycles. The summed E-state index contributed by atoms with van der Waals surface area (Å²) in [7, 11) is 3.57. The van der Waals surface area contributed by atoms with E-state index in [1.165, 1.54) is 5.56 Å². The molecule has 1 aromatic rings. The predicted octanol–water partition coefficient (Wildman–Crippen LogP) is 1.97. The van der Waals surface area contributed by atoms with Crippen LogP contribution in [0.4, 0.5) is 0 Å². The lowest BCUT2D eigenvalue weighted by molar-refractivity contribution is -0.125. The molecule has 0 atom stereocenters. The van der Waals surface area contributed by atoms with Crippen molar-refractivity contribution in [3.63, 3.8) is 0 Å². The Morgan fingerprint density at radius 1 is 1.22 bits per heavy atom. The van der Waals surface area contributed by atoms with E-state index in [4.69, 9.17) is 4.74 Å². The zero-order valence-electron chi connectivity index (χ0n) is 11.8. The summed E-state index contributed by atoms with van der Waals surface area (Å²) >= 11 is 0. The number of rotatable bonds is 5. The van der Waals surface area contributed by atoms with Gasteiger partial charge in [0.25, 0.3) is 0 Å². The van der Waals surface area contributed by atoms with E-state index in [-0.39, 0.29) is 5.91 Å². The van der Waals surface area contributed by atoms with Gasteiger partial charge in [-0.2, -0.15) is 0 Å². The number of carbonyl (C=O) groups is 1. The van der Waals surface area contributed by atoms with Crippen LogP contribution >= 0.6 is 0 Å². The van der Waals surface area contributed by atoms with E-state index in [9.17, 15) is 4.79 Å². The zero-order chi connectivity index (χ0) is 13.7. The highest BCUT2D eigenvalue weighted by Gasteiger charge is 2.08. The molecule has 1 amide bonds. The summed E-state index contributed by atoms with van der Waals surface area (Å²) in [6.07, 6.45) is 0.352. The lowest BCUT2D eigenvalue weighted by Crippen LogP contribution is -2.36. The van der Waals surface area contributed by atoms with Gasteiger partial charge in [-0.1, -0.05) is 12.1 Å². The van der Waals surface area contributed by atoms with Crippen LogP contribution in [0.1, 0.15) is 23.1 Å². The molecule has 0 unspecified atom stereocenters. The molecular formula is C14H22N2O2. The maximum absolute atomic E-state index is 11.4. The predicted molar refractivity (Wildman–Crippen MR) is 72.6 cm³/mol. The molecule has 4 heteroatoms. The van der Waals surface area contributed by atoms with Crippen LogP contribution in [0, 0.1) is 20.8 Å². The van der Waals surface area contributed by atoms with Gasteiger partial charge in [-0.15, -0.1) is 0 Å². The molecule has 1 aromatic carbocycles. The number of carbonyl (C=O) groups excluding carboxylic acids is 1. The first kappa shape index (κ1) is 14.5. The van der Waals surface area contributed by atoms with Crippen LogP contribution < -0.4 is 10.2 Å². The van der Waals surface area contributed by atoms with Gasteiger partial charge >= 0.3 is 0 Å². The molecule has 18 heavy (non-hydrogen) atoms. The molecular weight excluding hydrogens is 228 g/mol. The van der Waals surface area contributed by atoms with Gasteiger partial charge in [0.2, 0.25) is 5.91 Å². The fourth-order valence-electron chi connectivity index (χ4n) is 1.70. The molecule has 0 saturated heterocycles. The van der Waals surface area contributed by atoms with Crippen LogP contribution in [-0.4, -0.2) is 31.6 Å². The number of nitrogens with zero attached hydrogens (tertiary/aromatic N) is 1. The summed E-state index contributed by atoms with van der Waals surface area (Å²) in [5.41, 5.74) is 6.13. The van der Waals surface area contributed by atoms with Crippen LogP contribution in [0.2, 0.25) is 0 Å². The highest BCUT2D eigenvalue weighted by molar-refractivity contribution is 5.75. The van der Waals surface area contributed by atoms with E-state index in [1.54, 1.807) is 19.1 Å². The molecule has 0 aliphatic heterocycles. The molecule has 0 radical (unpaired) electrons. The van der Waals surface area contributed by atoms with Gasteiger partial charge in [-0.05, 0) is 37.5 Å². The van der Waals surface area contributed by atoms with Crippen molar-refractivity contribution in [2.75, 3.05) is 20.7 Å². The van der Waals surface area contributed by atoms with Crippen LogP contribution in [0.3, 0.4) is 0 Å². The molecule has 0 heterocycles. The van der Waals surface area contributed by atoms with Crippen LogP contribution in [0.25, 0.3) is 0 Å². The largest absolute Gasteiger partial charge is 0.492 e. The van der Waals surface area contributed by atoms with Gasteiger partial charge in [0.15, 0.2) is 0 Å². The van der Waals surface area contributed by atoms with Gasteiger partial charge < -0.3 is 4.74 Å². The second-order valence-electron chi connectivity index (χ2n) is 4.68. The Hall–Kier alpha value is -1.55. The molecule has 0 saturated carbocycles. The first-order valence-electron chi connectivity index (χ1n) is 6.08. The van der Waals surface area contributed by atoms with Crippen molar-refractivity contribution in [1.82, 2.24) is 10.4 Å². The quantitative estimate of drug-likeness (QED) is 0.812. The van der Waals surface area contributed by atoms with E-state index in [0.29, 0.717) is 13.0 Å². The fourth-order valence-corrected chi connectivity index (χ4v) is 1.70. The zero-order valence-corrected chi connectivity index (χ0v) is 11.8. The van der Waals surface area contributed by atoms with Crippen molar-refractivity contribution in [2.45, 2.75) is 27.2 Å². The number of ether oxygens (including phenoxy) is 1. The standard InChI is InChI=1S/C14H22N2O2/c1-10-6-7-11(2)14(12(10)3)18-9-8-13(17)15-16(4)5/h6-7H,8-9H2,1-5H3,(H,15,17). The molecule has 0 fully saturated rings. The minimum Gasteiger partial charge on any atom is -0.492 e. The minimum atomic E-state index is -0.0389. The van der Waals surface area contributed by atoms with Gasteiger partial charge in [0.1, 0.15) is 5.75 Å². The Bertz CT molecular complexity index is 428. The van der Waals surface area contributed by atoms with Crippen LogP contribution in [0.15, 0.2) is 12.1 Å². The molecule has 0 aromatic heterocycles. The molecule has 0 aliphatic rings. The first-order valence-corrected chi connectivity index (χ1v) is 6.08. The molecule has 0 spiro atoms. The Balaban J connectivity index is 2.54. The van der Waals surface area contributed by atoms with Gasteiger partial charge in [0, 0.05) is 14.1 Å². The van der Waals surface area contributed by atoms with Gasteiger partial charge in [-0.25, -0.2) is 5.01 Å².